The summed E-state index contributed by atoms with van der Waals surface area (Å²) in [6.45, 7) is 0.836. The van der Waals surface area contributed by atoms with Gasteiger partial charge in [-0.2, -0.15) is 25.3 Å². The van der Waals surface area contributed by atoms with Crippen LogP contribution >= 0.6 is 11.6 Å². The van der Waals surface area contributed by atoms with Crippen LogP contribution in [0.2, 0.25) is 5.02 Å². The fraction of sp³-hybridized carbons (Fsp3) is 0.143. The summed E-state index contributed by atoms with van der Waals surface area (Å²) in [5.74, 6) is 0. The second-order valence-electron chi connectivity index (χ2n) is 3.80. The lowest BCUT2D eigenvalue weighted by Gasteiger charge is -2.10. The highest BCUT2D eigenvalue weighted by Crippen LogP contribution is 2.43. The first-order chi connectivity index (χ1) is 9.64. The second-order valence-corrected chi connectivity index (χ2v) is 8.25. The van der Waals surface area contributed by atoms with Crippen LogP contribution in [0.1, 0.15) is 5.56 Å². The van der Waals surface area contributed by atoms with E-state index in [0.717, 1.165) is 6.92 Å². The molecule has 0 saturated heterocycles. The Kier molecular flexibility index (Phi) is 6.32. The maximum absolute atomic E-state index is 11.3. The van der Waals surface area contributed by atoms with Crippen LogP contribution in [-0.4, -0.2) is 38.9 Å². The molecule has 1 rings (SSSR count). The minimum absolute atomic E-state index is 0. The van der Waals surface area contributed by atoms with E-state index in [1.165, 1.54) is 0 Å². The van der Waals surface area contributed by atoms with Crippen LogP contribution in [0.25, 0.3) is 4.98 Å². The van der Waals surface area contributed by atoms with Gasteiger partial charge in [0, 0.05) is 0 Å². The molecular weight excluding hydrogens is 468 g/mol. The Balaban J connectivity index is 0.00000484. The van der Waals surface area contributed by atoms with Crippen LogP contribution in [0.3, 0.4) is 0 Å². The molecule has 0 aliphatic carbocycles. The molecular formula is C7H6BrClN2O9S3. The van der Waals surface area contributed by atoms with Crippen LogP contribution in [0, 0.1) is 12.3 Å². The van der Waals surface area contributed by atoms with Crippen LogP contribution < -0.4 is 17.0 Å². The molecule has 0 heterocycles. The van der Waals surface area contributed by atoms with Gasteiger partial charge < -0.3 is 17.0 Å². The number of halogens is 2. The lowest BCUT2D eigenvalue weighted by atomic mass is 10.2. The first kappa shape index (κ1) is 22.1. The summed E-state index contributed by atoms with van der Waals surface area (Å²) < 4.78 is 94.8. The predicted octanol–water partition coefficient (Wildman–Crippen LogP) is -2.12. The Bertz CT molecular complexity index is 1020. The third-order valence-corrected chi connectivity index (χ3v) is 5.95. The largest absolute Gasteiger partial charge is 1.00 e. The third-order valence-electron chi connectivity index (χ3n) is 2.38. The van der Waals surface area contributed by atoms with Crippen molar-refractivity contribution in [1.29, 1.82) is 5.39 Å². The van der Waals surface area contributed by atoms with E-state index in [2.05, 4.69) is 4.98 Å². The van der Waals surface area contributed by atoms with Crippen molar-refractivity contribution in [3.63, 3.8) is 0 Å². The van der Waals surface area contributed by atoms with Gasteiger partial charge in [0.05, 0.1) is 5.02 Å². The molecule has 0 atom stereocenters. The molecule has 16 heteroatoms. The molecule has 0 radical (unpaired) electrons. The van der Waals surface area contributed by atoms with Gasteiger partial charge in [-0.15, -0.1) is 0 Å². The molecule has 1 aromatic carbocycles. The van der Waals surface area contributed by atoms with Crippen LogP contribution in [0.15, 0.2) is 14.7 Å². The Morgan fingerprint density at radius 2 is 1.22 bits per heavy atom. The Hall–Kier alpha value is -0.860. The number of nitrogens with zero attached hydrogens (tertiary/aromatic N) is 2. The normalized spacial score (nSPS) is 12.3. The second kappa shape index (κ2) is 6.57. The van der Waals surface area contributed by atoms with Crippen LogP contribution in [0.5, 0.6) is 0 Å². The monoisotopic (exact) mass is 472 g/mol. The van der Waals surface area contributed by atoms with Crippen LogP contribution in [-0.2, 0) is 30.4 Å². The number of diazo groups is 1. The molecule has 0 spiro atoms. The zero-order valence-corrected chi connectivity index (χ0v) is 15.5. The molecule has 0 fully saturated rings. The van der Waals surface area contributed by atoms with Gasteiger partial charge in [-0.25, -0.2) is 0 Å². The smallest absolute Gasteiger partial charge is 0.428 e. The predicted molar refractivity (Wildman–Crippen MR) is 70.4 cm³/mol. The molecule has 0 amide bonds. The average Bonchev–Trinajstić information content (AvgIpc) is 2.26. The number of rotatable bonds is 3. The topological polar surface area (TPSA) is 191 Å². The highest BCUT2D eigenvalue weighted by molar-refractivity contribution is 7.89. The quantitative estimate of drug-likeness (QED) is 0.323. The van der Waals surface area contributed by atoms with Crippen molar-refractivity contribution in [1.82, 2.24) is 0 Å². The molecule has 0 saturated carbocycles. The SMILES string of the molecule is Cc1c(Cl)c(S(=O)(=O)O)c(S(=O)(=O)O)c([N+]#N)c1S(=O)(=O)O.[Br-]. The van der Waals surface area contributed by atoms with Gasteiger partial charge in [0.1, 0.15) is 4.90 Å². The Morgan fingerprint density at radius 3 is 1.48 bits per heavy atom. The molecule has 0 aliphatic heterocycles. The van der Waals surface area contributed by atoms with Crippen molar-refractivity contribution < 1.29 is 55.9 Å². The molecule has 0 bridgehead atoms. The van der Waals surface area contributed by atoms with E-state index in [4.69, 9.17) is 30.7 Å². The summed E-state index contributed by atoms with van der Waals surface area (Å²) in [6, 6.07) is 0. The van der Waals surface area contributed by atoms with Crippen molar-refractivity contribution in [2.24, 2.45) is 0 Å². The summed E-state index contributed by atoms with van der Waals surface area (Å²) in [5, 5.41) is 7.67. The van der Waals surface area contributed by atoms with E-state index >= 15 is 0 Å². The summed E-state index contributed by atoms with van der Waals surface area (Å²) >= 11 is 5.52. The highest BCUT2D eigenvalue weighted by Gasteiger charge is 2.44. The first-order valence-electron chi connectivity index (χ1n) is 4.77. The molecule has 11 nitrogen and oxygen atoms in total. The molecule has 1 aromatic rings. The average molecular weight is 474 g/mol. The van der Waals surface area contributed by atoms with Crippen molar-refractivity contribution in [2.75, 3.05) is 0 Å². The fourth-order valence-electron chi connectivity index (χ4n) is 1.63. The van der Waals surface area contributed by atoms with E-state index in [1.54, 1.807) is 0 Å². The summed E-state index contributed by atoms with van der Waals surface area (Å²) in [7, 11) is -16.2. The Morgan fingerprint density at radius 1 is 0.870 bits per heavy atom. The maximum atomic E-state index is 11.3. The Labute approximate surface area is 145 Å². The zero-order valence-electron chi connectivity index (χ0n) is 10.7. The van der Waals surface area contributed by atoms with Gasteiger partial charge in [0.15, 0.2) is 9.87 Å². The molecule has 0 unspecified atom stereocenters. The lowest BCUT2D eigenvalue weighted by Crippen LogP contribution is -3.00. The van der Waals surface area contributed by atoms with Crippen molar-refractivity contribution in [3.05, 3.63) is 15.6 Å². The minimum Gasteiger partial charge on any atom is -1.00 e. The molecule has 0 aromatic heterocycles. The van der Waals surface area contributed by atoms with Gasteiger partial charge in [-0.1, -0.05) is 11.6 Å². The maximum Gasteiger partial charge on any atom is 0.428 e. The molecule has 0 aliphatic rings. The molecule has 3 N–H and O–H groups in total. The summed E-state index contributed by atoms with van der Waals surface area (Å²) in [4.78, 5) is -2.50. The number of hydrogen-bond donors (Lipinski definition) is 3. The number of benzene rings is 1. The van der Waals surface area contributed by atoms with Crippen LogP contribution in [0.4, 0.5) is 5.69 Å². The lowest BCUT2D eigenvalue weighted by molar-refractivity contribution is -0.0000170. The van der Waals surface area contributed by atoms with Gasteiger partial charge in [0.25, 0.3) is 10.1 Å². The summed E-state index contributed by atoms with van der Waals surface area (Å²) in [6.07, 6.45) is 0. The van der Waals surface area contributed by atoms with E-state index in [9.17, 15) is 25.3 Å². The van der Waals surface area contributed by atoms with Crippen molar-refractivity contribution >= 4 is 47.6 Å². The molecule has 23 heavy (non-hydrogen) atoms. The van der Waals surface area contributed by atoms with E-state index < -0.39 is 61.3 Å². The third kappa shape index (κ3) is 4.16. The number of hydrogen-bond acceptors (Lipinski definition) is 7. The van der Waals surface area contributed by atoms with E-state index in [-0.39, 0.29) is 17.0 Å². The zero-order chi connectivity index (χ0) is 17.7. The van der Waals surface area contributed by atoms with Gasteiger partial charge >= 0.3 is 25.9 Å². The first-order valence-corrected chi connectivity index (χ1v) is 9.47. The highest BCUT2D eigenvalue weighted by atomic mass is 79.9. The minimum atomic E-state index is -5.53. The summed E-state index contributed by atoms with van der Waals surface area (Å²) in [5.41, 5.74) is -2.27. The van der Waals surface area contributed by atoms with Gasteiger partial charge in [-0.05, 0) is 12.5 Å². The molecule has 130 valence electrons. The van der Waals surface area contributed by atoms with E-state index in [1.807, 2.05) is 0 Å². The van der Waals surface area contributed by atoms with Gasteiger partial charge in [0.2, 0.25) is 10.3 Å². The fourth-order valence-corrected chi connectivity index (χ4v) is 5.23. The standard InChI is InChI=1S/C7H5ClN2O9S3.BrH/c1-2-3(8)6(21(14,15)16)7(22(17,18)19)4(10-9)5(2)20(11,12)13;/h1H3,(H2-,11,12,13,14,15,16,17,18,19);1H. The van der Waals surface area contributed by atoms with E-state index in [0.29, 0.717) is 0 Å². The van der Waals surface area contributed by atoms with Crippen molar-refractivity contribution in [3.8, 4) is 0 Å². The van der Waals surface area contributed by atoms with Crippen molar-refractivity contribution in [2.45, 2.75) is 21.6 Å². The van der Waals surface area contributed by atoms with Gasteiger partial charge in [-0.3, -0.25) is 13.7 Å².